The van der Waals surface area contributed by atoms with Gasteiger partial charge in [0.15, 0.2) is 6.10 Å². The lowest BCUT2D eigenvalue weighted by atomic mass is 10.1. The molecule has 0 aliphatic rings. The van der Waals surface area contributed by atoms with Crippen LogP contribution >= 0.6 is 11.6 Å². The molecule has 1 amide bonds. The van der Waals surface area contributed by atoms with E-state index in [2.05, 4.69) is 10.1 Å². The van der Waals surface area contributed by atoms with Crippen LogP contribution in [-0.4, -0.2) is 34.1 Å². The van der Waals surface area contributed by atoms with Crippen molar-refractivity contribution in [2.45, 2.75) is 19.6 Å². The van der Waals surface area contributed by atoms with E-state index < -0.39 is 6.10 Å². The number of hydrogen-bond acceptors (Lipinski definition) is 5. The highest BCUT2D eigenvalue weighted by atomic mass is 35.5. The third-order valence-corrected chi connectivity index (χ3v) is 5.04. The largest absolute Gasteiger partial charge is 0.481 e. The third-order valence-electron chi connectivity index (χ3n) is 4.71. The van der Waals surface area contributed by atoms with Gasteiger partial charge in [-0.25, -0.2) is 0 Å². The molecule has 6 nitrogen and oxygen atoms in total. The van der Waals surface area contributed by atoms with E-state index in [1.165, 1.54) is 4.90 Å². The van der Waals surface area contributed by atoms with Crippen LogP contribution in [0.3, 0.4) is 0 Å². The van der Waals surface area contributed by atoms with Crippen LogP contribution in [0.25, 0.3) is 22.2 Å². The second kappa shape index (κ2) is 8.55. The van der Waals surface area contributed by atoms with Gasteiger partial charge in [0.1, 0.15) is 5.75 Å². The fraction of sp³-hybridized carbons (Fsp3) is 0.174. The van der Waals surface area contributed by atoms with Gasteiger partial charge in [0.05, 0.1) is 11.6 Å². The van der Waals surface area contributed by atoms with Crippen molar-refractivity contribution in [1.82, 2.24) is 15.0 Å². The molecule has 0 N–H and O–H groups in total. The fourth-order valence-corrected chi connectivity index (χ4v) is 3.38. The van der Waals surface area contributed by atoms with Gasteiger partial charge in [-0.1, -0.05) is 59.2 Å². The summed E-state index contributed by atoms with van der Waals surface area (Å²) in [5, 5.41) is 6.67. The molecule has 0 spiro atoms. The molecule has 0 saturated carbocycles. The highest BCUT2D eigenvalue weighted by molar-refractivity contribution is 6.33. The smallest absolute Gasteiger partial charge is 0.263 e. The monoisotopic (exact) mass is 421 g/mol. The number of amides is 1. The van der Waals surface area contributed by atoms with Crippen LogP contribution in [-0.2, 0) is 11.3 Å². The van der Waals surface area contributed by atoms with Gasteiger partial charge in [0.2, 0.25) is 11.7 Å². The van der Waals surface area contributed by atoms with E-state index in [1.54, 1.807) is 20.0 Å². The number of rotatable bonds is 6. The molecule has 0 saturated heterocycles. The molecule has 0 fully saturated rings. The van der Waals surface area contributed by atoms with Crippen LogP contribution in [0.4, 0.5) is 0 Å². The molecule has 0 radical (unpaired) electrons. The molecule has 7 heteroatoms. The van der Waals surface area contributed by atoms with E-state index in [-0.39, 0.29) is 12.5 Å². The van der Waals surface area contributed by atoms with Gasteiger partial charge in [0, 0.05) is 12.6 Å². The Balaban J connectivity index is 1.41. The lowest BCUT2D eigenvalue weighted by Crippen LogP contribution is -2.37. The first-order chi connectivity index (χ1) is 14.5. The van der Waals surface area contributed by atoms with E-state index in [0.29, 0.717) is 28.1 Å². The Labute approximate surface area is 179 Å². The summed E-state index contributed by atoms with van der Waals surface area (Å²) in [6.45, 7) is 1.89. The van der Waals surface area contributed by atoms with Gasteiger partial charge in [-0.2, -0.15) is 4.98 Å². The van der Waals surface area contributed by atoms with E-state index in [4.69, 9.17) is 20.9 Å². The minimum atomic E-state index is -0.665. The van der Waals surface area contributed by atoms with E-state index in [0.717, 1.165) is 10.8 Å². The first-order valence-electron chi connectivity index (χ1n) is 9.49. The molecule has 0 aliphatic carbocycles. The number of hydrogen-bond donors (Lipinski definition) is 0. The second-order valence-electron chi connectivity index (χ2n) is 6.95. The summed E-state index contributed by atoms with van der Waals surface area (Å²) in [5.41, 5.74) is 0.677. The lowest BCUT2D eigenvalue weighted by Gasteiger charge is -2.21. The summed E-state index contributed by atoms with van der Waals surface area (Å²) in [6.07, 6.45) is -0.665. The average molecular weight is 422 g/mol. The topological polar surface area (TPSA) is 68.5 Å². The molecule has 4 aromatic rings. The fourth-order valence-electron chi connectivity index (χ4n) is 3.16. The zero-order valence-corrected chi connectivity index (χ0v) is 17.3. The summed E-state index contributed by atoms with van der Waals surface area (Å²) in [7, 11) is 1.67. The third kappa shape index (κ3) is 4.28. The normalized spacial score (nSPS) is 12.0. The number of carbonyl (C=O) groups is 1. The number of halogens is 1. The second-order valence-corrected chi connectivity index (χ2v) is 7.36. The zero-order valence-electron chi connectivity index (χ0n) is 16.6. The van der Waals surface area contributed by atoms with Crippen molar-refractivity contribution >= 4 is 28.3 Å². The van der Waals surface area contributed by atoms with Crippen molar-refractivity contribution in [3.63, 3.8) is 0 Å². The molecule has 4 rings (SSSR count). The Morgan fingerprint density at radius 2 is 1.83 bits per heavy atom. The first kappa shape index (κ1) is 19.9. The molecule has 30 heavy (non-hydrogen) atoms. The molecule has 1 aromatic heterocycles. The Kier molecular flexibility index (Phi) is 5.68. The Hall–Kier alpha value is -3.38. The number of likely N-dealkylation sites (N-methyl/N-ethyl adjacent to an activating group) is 1. The van der Waals surface area contributed by atoms with Crippen molar-refractivity contribution in [1.29, 1.82) is 0 Å². The highest BCUT2D eigenvalue weighted by Crippen LogP contribution is 2.25. The first-order valence-corrected chi connectivity index (χ1v) is 9.87. The summed E-state index contributed by atoms with van der Waals surface area (Å²) < 4.78 is 11.1. The quantitative estimate of drug-likeness (QED) is 0.439. The van der Waals surface area contributed by atoms with E-state index in [9.17, 15) is 4.79 Å². The van der Waals surface area contributed by atoms with E-state index >= 15 is 0 Å². The number of benzene rings is 3. The zero-order chi connectivity index (χ0) is 21.1. The number of fused-ring (bicyclic) bond motifs is 1. The minimum Gasteiger partial charge on any atom is -0.481 e. The number of ether oxygens (including phenoxy) is 1. The van der Waals surface area contributed by atoms with Gasteiger partial charge in [-0.15, -0.1) is 0 Å². The number of nitrogens with zero attached hydrogens (tertiary/aromatic N) is 3. The van der Waals surface area contributed by atoms with Crippen molar-refractivity contribution in [3.05, 3.63) is 77.6 Å². The van der Waals surface area contributed by atoms with Gasteiger partial charge >= 0.3 is 0 Å². The van der Waals surface area contributed by atoms with E-state index in [1.807, 2.05) is 60.7 Å². The van der Waals surface area contributed by atoms with Crippen LogP contribution in [0.2, 0.25) is 5.02 Å². The highest BCUT2D eigenvalue weighted by Gasteiger charge is 2.22. The summed E-state index contributed by atoms with van der Waals surface area (Å²) in [4.78, 5) is 18.6. The lowest BCUT2D eigenvalue weighted by molar-refractivity contribution is -0.137. The molecule has 0 aliphatic heterocycles. The average Bonchev–Trinajstić information content (AvgIpc) is 3.21. The predicted molar refractivity (Wildman–Crippen MR) is 115 cm³/mol. The molecule has 0 unspecified atom stereocenters. The van der Waals surface area contributed by atoms with Gasteiger partial charge in [0.25, 0.3) is 5.91 Å². The molecular formula is C23H20ClN3O3. The number of carbonyl (C=O) groups excluding carboxylic acids is 1. The summed E-state index contributed by atoms with van der Waals surface area (Å²) in [6, 6.07) is 21.0. The maximum atomic E-state index is 12.7. The Morgan fingerprint density at radius 3 is 2.63 bits per heavy atom. The van der Waals surface area contributed by atoms with Crippen molar-refractivity contribution < 1.29 is 14.1 Å². The standard InChI is InChI=1S/C23H20ClN3O3/c1-15(29-18-12-11-16-7-3-4-8-17(16)13-18)23(28)27(2)14-21-25-22(26-30-21)19-9-5-6-10-20(19)24/h3-13,15H,14H2,1-2H3/t15-/m0/s1. The molecule has 3 aromatic carbocycles. The maximum absolute atomic E-state index is 12.7. The molecule has 152 valence electrons. The van der Waals surface area contributed by atoms with Crippen LogP contribution in [0.15, 0.2) is 71.3 Å². The predicted octanol–water partition coefficient (Wildman–Crippen LogP) is 4.97. The Bertz CT molecular complexity index is 1190. The van der Waals surface area contributed by atoms with Crippen molar-refractivity contribution in [2.75, 3.05) is 7.05 Å². The Morgan fingerprint density at radius 1 is 1.10 bits per heavy atom. The molecule has 0 bridgehead atoms. The van der Waals surface area contributed by atoms with Gasteiger partial charge in [-0.3, -0.25) is 4.79 Å². The van der Waals surface area contributed by atoms with Crippen molar-refractivity contribution in [2.24, 2.45) is 0 Å². The number of aromatic nitrogens is 2. The molecule has 1 atom stereocenters. The molecular weight excluding hydrogens is 402 g/mol. The minimum absolute atomic E-state index is 0.168. The maximum Gasteiger partial charge on any atom is 0.263 e. The van der Waals surface area contributed by atoms with Gasteiger partial charge in [-0.05, 0) is 42.0 Å². The van der Waals surface area contributed by atoms with Crippen LogP contribution < -0.4 is 4.74 Å². The summed E-state index contributed by atoms with van der Waals surface area (Å²) >= 11 is 6.18. The van der Waals surface area contributed by atoms with Gasteiger partial charge < -0.3 is 14.2 Å². The van der Waals surface area contributed by atoms with Crippen LogP contribution in [0, 0.1) is 0 Å². The molecule has 1 heterocycles. The van der Waals surface area contributed by atoms with Crippen LogP contribution in [0.1, 0.15) is 12.8 Å². The summed E-state index contributed by atoms with van der Waals surface area (Å²) in [5.74, 6) is 1.15. The van der Waals surface area contributed by atoms with Crippen molar-refractivity contribution in [3.8, 4) is 17.1 Å². The SMILES string of the molecule is C[C@H](Oc1ccc2ccccc2c1)C(=O)N(C)Cc1nc(-c2ccccc2Cl)no1. The van der Waals surface area contributed by atoms with Crippen LogP contribution in [0.5, 0.6) is 5.75 Å².